The van der Waals surface area contributed by atoms with E-state index in [1.165, 1.54) is 12.1 Å². The van der Waals surface area contributed by atoms with E-state index in [-0.39, 0.29) is 30.5 Å². The van der Waals surface area contributed by atoms with Gasteiger partial charge in [-0.2, -0.15) is 0 Å². The van der Waals surface area contributed by atoms with Crippen LogP contribution in [0.1, 0.15) is 50.9 Å². The summed E-state index contributed by atoms with van der Waals surface area (Å²) >= 11 is 0. The summed E-state index contributed by atoms with van der Waals surface area (Å²) in [5.74, 6) is -0.888. The van der Waals surface area contributed by atoms with Crippen LogP contribution < -0.4 is 26.2 Å². The lowest BCUT2D eigenvalue weighted by molar-refractivity contribution is -0.132. The lowest BCUT2D eigenvalue weighted by Crippen LogP contribution is -2.58. The van der Waals surface area contributed by atoms with Gasteiger partial charge in [0.05, 0.1) is 29.7 Å². The summed E-state index contributed by atoms with van der Waals surface area (Å²) in [6.07, 6.45) is 2.66. The maximum atomic E-state index is 14.1. The van der Waals surface area contributed by atoms with Gasteiger partial charge in [-0.05, 0) is 74.1 Å². The number of aromatic hydroxyl groups is 1. The number of hydrogen-bond donors (Lipinski definition) is 4. The van der Waals surface area contributed by atoms with Gasteiger partial charge in [-0.15, -0.1) is 0 Å². The van der Waals surface area contributed by atoms with Crippen molar-refractivity contribution < 1.29 is 19.5 Å². The van der Waals surface area contributed by atoms with Gasteiger partial charge < -0.3 is 31.3 Å². The summed E-state index contributed by atoms with van der Waals surface area (Å²) in [5, 5.41) is 15.3. The molecule has 10 nitrogen and oxygen atoms in total. The van der Waals surface area contributed by atoms with Gasteiger partial charge in [0.15, 0.2) is 0 Å². The van der Waals surface area contributed by atoms with Crippen LogP contribution in [0.15, 0.2) is 66.9 Å². The molecule has 1 aromatic heterocycles. The highest BCUT2D eigenvalue weighted by atomic mass is 16.3. The first kappa shape index (κ1) is 32.5. The zero-order chi connectivity index (χ0) is 31.8. The van der Waals surface area contributed by atoms with Crippen molar-refractivity contribution in [3.8, 4) is 5.75 Å². The Balaban J connectivity index is 1.56. The predicted molar refractivity (Wildman–Crippen MR) is 172 cm³/mol. The van der Waals surface area contributed by atoms with Crippen LogP contribution in [0.5, 0.6) is 5.75 Å². The number of carbonyl (C=O) groups is 3. The number of rotatable bonds is 13. The number of nitrogens with zero attached hydrogens (tertiary/aromatic N) is 3. The summed E-state index contributed by atoms with van der Waals surface area (Å²) in [4.78, 5) is 49.3. The van der Waals surface area contributed by atoms with E-state index in [2.05, 4.69) is 34.4 Å². The monoisotopic (exact) mass is 600 g/mol. The molecule has 44 heavy (non-hydrogen) atoms. The molecule has 234 valence electrons. The van der Waals surface area contributed by atoms with E-state index in [4.69, 9.17) is 5.73 Å². The number of carbonyl (C=O) groups excluding carboxylic acids is 3. The van der Waals surface area contributed by atoms with E-state index in [0.717, 1.165) is 41.3 Å². The number of aromatic nitrogens is 1. The maximum absolute atomic E-state index is 14.1. The minimum atomic E-state index is -0.891. The molecule has 3 atom stereocenters. The van der Waals surface area contributed by atoms with Crippen molar-refractivity contribution in [3.05, 3.63) is 83.7 Å². The van der Waals surface area contributed by atoms with Gasteiger partial charge in [0.25, 0.3) is 0 Å². The summed E-state index contributed by atoms with van der Waals surface area (Å²) < 4.78 is 0. The van der Waals surface area contributed by atoms with Gasteiger partial charge in [-0.25, -0.2) is 0 Å². The van der Waals surface area contributed by atoms with Crippen LogP contribution in [0, 0.1) is 5.92 Å². The third-order valence-electron chi connectivity index (χ3n) is 7.89. The van der Waals surface area contributed by atoms with Gasteiger partial charge in [0, 0.05) is 25.7 Å². The fraction of sp³-hybridized carbons (Fsp3) is 0.412. The molecular formula is C34H44N6O4. The molecule has 0 saturated heterocycles. The number of pyridine rings is 1. The van der Waals surface area contributed by atoms with Gasteiger partial charge in [-0.1, -0.05) is 44.2 Å². The lowest BCUT2D eigenvalue weighted by Gasteiger charge is -2.38. The Hall–Kier alpha value is -4.44. The smallest absolute Gasteiger partial charge is 0.250 e. The molecule has 1 aliphatic rings. The molecule has 4 rings (SSSR count). The fourth-order valence-electron chi connectivity index (χ4n) is 5.64. The molecule has 2 aromatic carbocycles. The van der Waals surface area contributed by atoms with Crippen molar-refractivity contribution in [2.45, 2.75) is 71.6 Å². The predicted octanol–water partition coefficient (Wildman–Crippen LogP) is 3.31. The summed E-state index contributed by atoms with van der Waals surface area (Å²) in [5.41, 5.74) is 10.5. The van der Waals surface area contributed by atoms with Crippen LogP contribution in [-0.2, 0) is 33.8 Å². The molecule has 5 N–H and O–H groups in total. The van der Waals surface area contributed by atoms with Gasteiger partial charge in [-0.3, -0.25) is 19.4 Å². The average molecular weight is 601 g/mol. The second kappa shape index (κ2) is 14.8. The molecule has 3 aromatic rings. The Bertz CT molecular complexity index is 1430. The normalized spacial score (nSPS) is 15.8. The second-order valence-electron chi connectivity index (χ2n) is 11.6. The van der Waals surface area contributed by atoms with Crippen LogP contribution in [0.25, 0.3) is 0 Å². The minimum absolute atomic E-state index is 0.0967. The number of phenolic OH excluding ortho intramolecular Hbond substituents is 1. The van der Waals surface area contributed by atoms with Crippen molar-refractivity contribution in [2.24, 2.45) is 11.7 Å². The van der Waals surface area contributed by atoms with Crippen LogP contribution in [-0.4, -0.2) is 59.0 Å². The third kappa shape index (κ3) is 7.93. The highest BCUT2D eigenvalue weighted by molar-refractivity contribution is 6.05. The number of para-hydroxylation sites is 1. The first-order valence-electron chi connectivity index (χ1n) is 15.3. The third-order valence-corrected chi connectivity index (χ3v) is 7.89. The first-order chi connectivity index (χ1) is 21.1. The Kier molecular flexibility index (Phi) is 10.9. The van der Waals surface area contributed by atoms with Gasteiger partial charge >= 0.3 is 0 Å². The van der Waals surface area contributed by atoms with E-state index >= 15 is 0 Å². The standard InChI is InChI=1S/C34H44N6O4/c1-5-39(6-2)30-12-9-10-24-20-29(34(44)40(31(24)30)21-25-11-7-8-17-36-25)38-33(43)28(18-22(3)4)37-32(42)27(35)19-23-13-15-26(41)16-14-23/h7-17,22,27-29,41H,5-6,18-21,35H2,1-4H3,(H,37,42)(H,38,43)/t27-,28-,29?/m1/s1. The Morgan fingerprint density at radius 1 is 1.05 bits per heavy atom. The maximum Gasteiger partial charge on any atom is 0.250 e. The topological polar surface area (TPSA) is 141 Å². The highest BCUT2D eigenvalue weighted by Crippen LogP contribution is 2.38. The van der Waals surface area contributed by atoms with E-state index in [1.807, 2.05) is 50.2 Å². The fourth-order valence-corrected chi connectivity index (χ4v) is 5.64. The number of hydrogen-bond acceptors (Lipinski definition) is 7. The minimum Gasteiger partial charge on any atom is -0.508 e. The molecule has 0 aliphatic carbocycles. The van der Waals surface area contributed by atoms with E-state index in [0.29, 0.717) is 12.8 Å². The SMILES string of the molecule is CCN(CC)c1cccc2c1N(Cc1ccccn1)C(=O)C(NC(=O)[C@@H](CC(C)C)NC(=O)[C@H](N)Cc1ccc(O)cc1)C2. The zero-order valence-corrected chi connectivity index (χ0v) is 26.0. The van der Waals surface area contributed by atoms with Crippen molar-refractivity contribution >= 4 is 29.1 Å². The molecule has 0 radical (unpaired) electrons. The summed E-state index contributed by atoms with van der Waals surface area (Å²) in [6, 6.07) is 15.5. The number of nitrogens with one attached hydrogen (secondary N) is 2. The number of phenols is 1. The summed E-state index contributed by atoms with van der Waals surface area (Å²) in [6.45, 7) is 9.92. The lowest BCUT2D eigenvalue weighted by atomic mass is 9.94. The summed E-state index contributed by atoms with van der Waals surface area (Å²) in [7, 11) is 0. The van der Waals surface area contributed by atoms with Crippen molar-refractivity contribution in [1.82, 2.24) is 15.6 Å². The zero-order valence-electron chi connectivity index (χ0n) is 26.0. The van der Waals surface area contributed by atoms with Gasteiger partial charge in [0.2, 0.25) is 17.7 Å². The number of amides is 3. The van der Waals surface area contributed by atoms with E-state index in [9.17, 15) is 19.5 Å². The largest absolute Gasteiger partial charge is 0.508 e. The molecule has 0 spiro atoms. The van der Waals surface area contributed by atoms with Crippen LogP contribution in [0.2, 0.25) is 0 Å². The number of benzene rings is 2. The van der Waals surface area contributed by atoms with E-state index < -0.39 is 29.9 Å². The molecule has 0 bridgehead atoms. The molecular weight excluding hydrogens is 556 g/mol. The van der Waals surface area contributed by atoms with Crippen molar-refractivity contribution in [1.29, 1.82) is 0 Å². The van der Waals surface area contributed by atoms with Crippen LogP contribution in [0.4, 0.5) is 11.4 Å². The molecule has 1 unspecified atom stereocenters. The van der Waals surface area contributed by atoms with Crippen LogP contribution >= 0.6 is 0 Å². The molecule has 3 amide bonds. The number of nitrogens with two attached hydrogens (primary N) is 1. The Morgan fingerprint density at radius 3 is 2.41 bits per heavy atom. The molecule has 10 heteroatoms. The van der Waals surface area contributed by atoms with Crippen molar-refractivity contribution in [2.75, 3.05) is 22.9 Å². The molecule has 2 heterocycles. The molecule has 1 aliphatic heterocycles. The van der Waals surface area contributed by atoms with Crippen LogP contribution in [0.3, 0.4) is 0 Å². The van der Waals surface area contributed by atoms with Gasteiger partial charge in [0.1, 0.15) is 17.8 Å². The average Bonchev–Trinajstić information content (AvgIpc) is 3.00. The first-order valence-corrected chi connectivity index (χ1v) is 15.3. The number of anilines is 2. The van der Waals surface area contributed by atoms with E-state index in [1.54, 1.807) is 23.2 Å². The Morgan fingerprint density at radius 2 is 1.77 bits per heavy atom. The highest BCUT2D eigenvalue weighted by Gasteiger charge is 2.37. The van der Waals surface area contributed by atoms with Crippen molar-refractivity contribution in [3.63, 3.8) is 0 Å². The quantitative estimate of drug-likeness (QED) is 0.236. The second-order valence-corrected chi connectivity index (χ2v) is 11.6. The molecule has 0 fully saturated rings. The number of fused-ring (bicyclic) bond motifs is 1. The molecule has 0 saturated carbocycles. The Labute approximate surface area is 259 Å².